The maximum atomic E-state index is 12.5. The summed E-state index contributed by atoms with van der Waals surface area (Å²) in [5.41, 5.74) is 1.91. The Morgan fingerprint density at radius 3 is 2.61 bits per heavy atom. The molecular weight excluding hydrogens is 425 g/mol. The van der Waals surface area contributed by atoms with E-state index in [9.17, 15) is 14.4 Å². The van der Waals surface area contributed by atoms with Gasteiger partial charge in [0.2, 0.25) is 0 Å². The van der Waals surface area contributed by atoms with Crippen LogP contribution in [0.2, 0.25) is 10.3 Å². The minimum Gasteiger partial charge on any atom is -0.482 e. The Morgan fingerprint density at radius 2 is 1.93 bits per heavy atom. The monoisotopic (exact) mass is 435 g/mol. The average Bonchev–Trinajstić information content (AvgIpc) is 2.94. The van der Waals surface area contributed by atoms with Gasteiger partial charge in [0.15, 0.2) is 6.61 Å². The van der Waals surface area contributed by atoms with E-state index in [4.69, 9.17) is 27.9 Å². The number of ether oxygens (including phenoxy) is 1. The van der Waals surface area contributed by atoms with Crippen molar-refractivity contribution in [3.05, 3.63) is 56.7 Å². The molecule has 1 N–H and O–H groups in total. The minimum absolute atomic E-state index is 0.0905. The van der Waals surface area contributed by atoms with Gasteiger partial charge in [-0.2, -0.15) is 0 Å². The first-order valence-corrected chi connectivity index (χ1v) is 9.60. The van der Waals surface area contributed by atoms with Gasteiger partial charge in [0, 0.05) is 0 Å². The van der Waals surface area contributed by atoms with Gasteiger partial charge in [0.05, 0.1) is 17.1 Å². The van der Waals surface area contributed by atoms with Crippen LogP contribution in [0, 0.1) is 0 Å². The molecule has 2 aliphatic rings. The summed E-state index contributed by atoms with van der Waals surface area (Å²) >= 11 is 12.7. The highest BCUT2D eigenvalue weighted by Crippen LogP contribution is 2.36. The first kappa shape index (κ1) is 18.8. The second-order valence-corrected chi connectivity index (χ2v) is 7.76. The van der Waals surface area contributed by atoms with Crippen LogP contribution in [-0.4, -0.2) is 28.6 Å². The Labute approximate surface area is 173 Å². The molecule has 1 aromatic heterocycles. The van der Waals surface area contributed by atoms with Crippen LogP contribution in [-0.2, 0) is 16.1 Å². The predicted octanol–water partition coefficient (Wildman–Crippen LogP) is 3.64. The second kappa shape index (κ2) is 7.46. The van der Waals surface area contributed by atoms with E-state index in [1.54, 1.807) is 41.3 Å². The molecule has 1 saturated heterocycles. The third kappa shape index (κ3) is 3.84. The van der Waals surface area contributed by atoms with Crippen molar-refractivity contribution in [2.45, 2.75) is 6.54 Å². The number of anilines is 1. The van der Waals surface area contributed by atoms with Gasteiger partial charge in [-0.1, -0.05) is 29.3 Å². The van der Waals surface area contributed by atoms with Crippen LogP contribution in [0.15, 0.2) is 35.2 Å². The van der Waals surface area contributed by atoms with Crippen LogP contribution in [0.5, 0.6) is 5.75 Å². The lowest BCUT2D eigenvalue weighted by Gasteiger charge is -2.29. The molecule has 1 fully saturated rings. The first-order chi connectivity index (χ1) is 13.4. The lowest BCUT2D eigenvalue weighted by Crippen LogP contribution is -2.38. The van der Waals surface area contributed by atoms with Crippen molar-refractivity contribution in [3.8, 4) is 5.75 Å². The number of aromatic nitrogens is 1. The van der Waals surface area contributed by atoms with Crippen molar-refractivity contribution in [1.82, 2.24) is 10.3 Å². The van der Waals surface area contributed by atoms with Gasteiger partial charge >= 0.3 is 0 Å². The summed E-state index contributed by atoms with van der Waals surface area (Å²) in [6, 6.07) is 8.45. The fraction of sp³-hybridized carbons (Fsp3) is 0.111. The second-order valence-electron chi connectivity index (χ2n) is 5.97. The first-order valence-electron chi connectivity index (χ1n) is 8.03. The van der Waals surface area contributed by atoms with Gasteiger partial charge in [-0.15, -0.1) is 0 Å². The number of amides is 3. The van der Waals surface area contributed by atoms with Crippen molar-refractivity contribution in [2.24, 2.45) is 0 Å². The van der Waals surface area contributed by atoms with E-state index in [-0.39, 0.29) is 34.3 Å². The fourth-order valence-corrected chi connectivity index (χ4v) is 4.03. The van der Waals surface area contributed by atoms with E-state index in [0.29, 0.717) is 22.6 Å². The van der Waals surface area contributed by atoms with Crippen molar-refractivity contribution in [1.29, 1.82) is 0 Å². The third-order valence-corrected chi connectivity index (χ3v) is 5.23. The third-order valence-electron chi connectivity index (χ3n) is 4.03. The van der Waals surface area contributed by atoms with Gasteiger partial charge in [0.25, 0.3) is 17.1 Å². The van der Waals surface area contributed by atoms with Crippen molar-refractivity contribution in [2.75, 3.05) is 11.5 Å². The molecule has 4 rings (SSSR count). The van der Waals surface area contributed by atoms with E-state index < -0.39 is 11.1 Å². The molecule has 2 aromatic rings. The van der Waals surface area contributed by atoms with Crippen LogP contribution >= 0.6 is 35.0 Å². The smallest absolute Gasteiger partial charge is 0.290 e. The Morgan fingerprint density at radius 1 is 1.18 bits per heavy atom. The van der Waals surface area contributed by atoms with Crippen molar-refractivity contribution in [3.63, 3.8) is 0 Å². The zero-order valence-corrected chi connectivity index (χ0v) is 16.4. The van der Waals surface area contributed by atoms with E-state index in [1.807, 2.05) is 0 Å². The maximum absolute atomic E-state index is 12.5. The number of carbonyl (C=O) groups is 3. The number of hydrogen-bond donors (Lipinski definition) is 1. The number of benzene rings is 1. The van der Waals surface area contributed by atoms with Gasteiger partial charge in [0.1, 0.15) is 16.1 Å². The minimum atomic E-state index is -0.446. The van der Waals surface area contributed by atoms with E-state index in [1.165, 1.54) is 0 Å². The molecule has 0 saturated carbocycles. The van der Waals surface area contributed by atoms with Crippen LogP contribution in [0.3, 0.4) is 0 Å². The molecule has 0 bridgehead atoms. The molecule has 0 aliphatic carbocycles. The van der Waals surface area contributed by atoms with Crippen molar-refractivity contribution < 1.29 is 19.1 Å². The summed E-state index contributed by atoms with van der Waals surface area (Å²) in [6.45, 7) is 0.137. The lowest BCUT2D eigenvalue weighted by atomic mass is 10.1. The summed E-state index contributed by atoms with van der Waals surface area (Å²) in [5, 5.41) is 2.25. The Bertz CT molecular complexity index is 1040. The van der Waals surface area contributed by atoms with E-state index in [2.05, 4.69) is 10.3 Å². The highest BCUT2D eigenvalue weighted by atomic mass is 35.5. The van der Waals surface area contributed by atoms with Gasteiger partial charge < -0.3 is 9.64 Å². The summed E-state index contributed by atoms with van der Waals surface area (Å²) in [6.07, 6.45) is 1.59. The molecule has 3 heterocycles. The molecule has 0 radical (unpaired) electrons. The summed E-state index contributed by atoms with van der Waals surface area (Å²) in [7, 11) is 0. The van der Waals surface area contributed by atoms with Crippen LogP contribution < -0.4 is 15.0 Å². The number of thioether (sulfide) groups is 1. The molecule has 0 spiro atoms. The molecule has 2 aliphatic heterocycles. The number of carbonyl (C=O) groups excluding carboxylic acids is 3. The van der Waals surface area contributed by atoms with Crippen LogP contribution in [0.4, 0.5) is 10.5 Å². The van der Waals surface area contributed by atoms with Gasteiger partial charge in [-0.25, -0.2) is 4.98 Å². The molecule has 142 valence electrons. The molecule has 0 unspecified atom stereocenters. The van der Waals surface area contributed by atoms with Crippen molar-refractivity contribution >= 4 is 63.8 Å². The lowest BCUT2D eigenvalue weighted by molar-refractivity contribution is -0.121. The van der Waals surface area contributed by atoms with Crippen LogP contribution in [0.1, 0.15) is 11.1 Å². The number of halogens is 2. The standard InChI is InChI=1S/C18H11Cl2N3O4S/c19-14-5-10(6-15(20)21-14)7-23-11-3-9(1-2-12(11)27-8-16(23)24)4-13-17(25)22-18(26)28-13/h1-6H,7-8H2,(H,22,25,26)/b13-4-. The summed E-state index contributed by atoms with van der Waals surface area (Å²) in [4.78, 5) is 41.3. The van der Waals surface area contributed by atoms with Gasteiger partial charge in [-0.05, 0) is 53.2 Å². The predicted molar refractivity (Wildman–Crippen MR) is 106 cm³/mol. The molecule has 10 heteroatoms. The average molecular weight is 436 g/mol. The zero-order valence-electron chi connectivity index (χ0n) is 14.1. The number of fused-ring (bicyclic) bond motifs is 1. The zero-order chi connectivity index (χ0) is 19.8. The number of rotatable bonds is 3. The topological polar surface area (TPSA) is 88.6 Å². The number of imide groups is 1. The number of hydrogen-bond acceptors (Lipinski definition) is 6. The Hall–Kier alpha value is -2.55. The molecule has 28 heavy (non-hydrogen) atoms. The summed E-state index contributed by atoms with van der Waals surface area (Å²) in [5.74, 6) is -0.143. The Kier molecular flexibility index (Phi) is 5.01. The highest BCUT2D eigenvalue weighted by Gasteiger charge is 2.28. The molecular formula is C18H11Cl2N3O4S. The molecule has 1 aromatic carbocycles. The normalized spacial score (nSPS) is 17.6. The molecule has 0 atom stereocenters. The number of nitrogens with one attached hydrogen (secondary N) is 1. The van der Waals surface area contributed by atoms with Crippen LogP contribution in [0.25, 0.3) is 6.08 Å². The maximum Gasteiger partial charge on any atom is 0.290 e. The highest BCUT2D eigenvalue weighted by molar-refractivity contribution is 8.18. The molecule has 7 nitrogen and oxygen atoms in total. The fourth-order valence-electron chi connectivity index (χ4n) is 2.84. The SMILES string of the molecule is O=C1NC(=O)/C(=C/c2ccc3c(c2)N(Cc2cc(Cl)nc(Cl)c2)C(=O)CO3)S1. The summed E-state index contributed by atoms with van der Waals surface area (Å²) < 4.78 is 5.50. The van der Waals surface area contributed by atoms with Gasteiger partial charge in [-0.3, -0.25) is 19.7 Å². The number of nitrogens with zero attached hydrogens (tertiary/aromatic N) is 2. The van der Waals surface area contributed by atoms with E-state index in [0.717, 1.165) is 11.8 Å². The quantitative estimate of drug-likeness (QED) is 0.584. The number of pyridine rings is 1. The molecule has 3 amide bonds. The largest absolute Gasteiger partial charge is 0.482 e. The Balaban J connectivity index is 1.69. The van der Waals surface area contributed by atoms with E-state index >= 15 is 0 Å².